The first-order valence-electron chi connectivity index (χ1n) is 8.22. The Labute approximate surface area is 132 Å². The lowest BCUT2D eigenvalue weighted by molar-refractivity contribution is -0.136. The molecule has 1 saturated carbocycles. The second-order valence-corrected chi connectivity index (χ2v) is 7.40. The molecule has 0 radical (unpaired) electrons. The van der Waals surface area contributed by atoms with Crippen LogP contribution in [0, 0.1) is 11.3 Å². The summed E-state index contributed by atoms with van der Waals surface area (Å²) in [5.74, 6) is -0.345. The number of primary amides is 1. The van der Waals surface area contributed by atoms with Crippen molar-refractivity contribution in [3.8, 4) is 0 Å². The highest BCUT2D eigenvalue weighted by Gasteiger charge is 2.50. The van der Waals surface area contributed by atoms with Gasteiger partial charge in [0.25, 0.3) is 0 Å². The maximum absolute atomic E-state index is 12.4. The third-order valence-corrected chi connectivity index (χ3v) is 5.10. The van der Waals surface area contributed by atoms with Crippen LogP contribution < -0.4 is 11.1 Å². The highest BCUT2D eigenvalue weighted by atomic mass is 16.5. The van der Waals surface area contributed by atoms with Gasteiger partial charge in [-0.2, -0.15) is 0 Å². The number of carbonyl (C=O) groups excluding carboxylic acids is 2. The molecule has 2 fully saturated rings. The zero-order chi connectivity index (χ0) is 16.5. The molecule has 1 heterocycles. The monoisotopic (exact) mass is 311 g/mol. The molecule has 1 aliphatic carbocycles. The van der Waals surface area contributed by atoms with Crippen LogP contribution in [0.2, 0.25) is 0 Å². The van der Waals surface area contributed by atoms with E-state index in [9.17, 15) is 9.59 Å². The Morgan fingerprint density at radius 1 is 1.27 bits per heavy atom. The Balaban J connectivity index is 1.80. The van der Waals surface area contributed by atoms with E-state index >= 15 is 0 Å². The van der Waals surface area contributed by atoms with Gasteiger partial charge in [-0.15, -0.1) is 0 Å². The Bertz CT molecular complexity index is 428. The fourth-order valence-corrected chi connectivity index (χ4v) is 3.30. The molecule has 3 amide bonds. The third kappa shape index (κ3) is 3.54. The van der Waals surface area contributed by atoms with E-state index in [1.54, 1.807) is 4.90 Å². The van der Waals surface area contributed by atoms with Crippen LogP contribution in [0.5, 0.6) is 0 Å². The molecule has 2 atom stereocenters. The van der Waals surface area contributed by atoms with Gasteiger partial charge in [0, 0.05) is 30.5 Å². The molecule has 0 unspecified atom stereocenters. The van der Waals surface area contributed by atoms with Gasteiger partial charge in [-0.05, 0) is 33.1 Å². The quantitative estimate of drug-likeness (QED) is 0.825. The first-order chi connectivity index (χ1) is 10.2. The molecule has 22 heavy (non-hydrogen) atoms. The van der Waals surface area contributed by atoms with Crippen molar-refractivity contribution in [3.63, 3.8) is 0 Å². The Kier molecular flexibility index (Phi) is 5.00. The standard InChI is InChI=1S/C16H29N3O3/c1-10(2)22-13-9-12(16(13,3)4)18-15(21)19-7-5-11(6-8-19)14(17)20/h10-13H,5-9H2,1-4H3,(H2,17,20)(H,18,21)/t12-,13+/m0/s1. The van der Waals surface area contributed by atoms with E-state index in [4.69, 9.17) is 10.5 Å². The molecule has 6 heteroatoms. The maximum atomic E-state index is 12.4. The molecular weight excluding hydrogens is 282 g/mol. The van der Waals surface area contributed by atoms with Crippen molar-refractivity contribution >= 4 is 11.9 Å². The molecular formula is C16H29N3O3. The number of ether oxygens (including phenoxy) is 1. The lowest BCUT2D eigenvalue weighted by Gasteiger charge is -2.52. The number of likely N-dealkylation sites (tertiary alicyclic amines) is 1. The van der Waals surface area contributed by atoms with Crippen LogP contribution in [0.15, 0.2) is 0 Å². The fraction of sp³-hybridized carbons (Fsp3) is 0.875. The van der Waals surface area contributed by atoms with Crippen LogP contribution in [-0.4, -0.2) is 48.2 Å². The number of hydrogen-bond acceptors (Lipinski definition) is 3. The summed E-state index contributed by atoms with van der Waals surface area (Å²) in [5.41, 5.74) is 5.27. The number of amides is 3. The smallest absolute Gasteiger partial charge is 0.317 e. The van der Waals surface area contributed by atoms with E-state index in [1.807, 2.05) is 13.8 Å². The topological polar surface area (TPSA) is 84.7 Å². The summed E-state index contributed by atoms with van der Waals surface area (Å²) >= 11 is 0. The van der Waals surface area contributed by atoms with Gasteiger partial charge in [0.2, 0.25) is 5.91 Å². The summed E-state index contributed by atoms with van der Waals surface area (Å²) in [6.07, 6.45) is 2.58. The van der Waals surface area contributed by atoms with Crippen LogP contribution in [-0.2, 0) is 9.53 Å². The highest BCUT2D eigenvalue weighted by molar-refractivity contribution is 5.78. The largest absolute Gasteiger partial charge is 0.375 e. The Morgan fingerprint density at radius 3 is 2.32 bits per heavy atom. The highest BCUT2D eigenvalue weighted by Crippen LogP contribution is 2.43. The number of urea groups is 1. The summed E-state index contributed by atoms with van der Waals surface area (Å²) in [6, 6.07) is 0.0987. The van der Waals surface area contributed by atoms with Crippen molar-refractivity contribution < 1.29 is 14.3 Å². The fourth-order valence-electron chi connectivity index (χ4n) is 3.30. The van der Waals surface area contributed by atoms with Crippen molar-refractivity contribution in [2.75, 3.05) is 13.1 Å². The zero-order valence-corrected chi connectivity index (χ0v) is 14.1. The maximum Gasteiger partial charge on any atom is 0.317 e. The van der Waals surface area contributed by atoms with Gasteiger partial charge in [0.1, 0.15) is 0 Å². The minimum atomic E-state index is -0.256. The third-order valence-electron chi connectivity index (χ3n) is 5.10. The van der Waals surface area contributed by atoms with Gasteiger partial charge in [-0.3, -0.25) is 4.79 Å². The van der Waals surface area contributed by atoms with E-state index < -0.39 is 0 Å². The molecule has 1 aliphatic heterocycles. The summed E-state index contributed by atoms with van der Waals surface area (Å²) in [5, 5.41) is 3.11. The molecule has 1 saturated heterocycles. The predicted molar refractivity (Wildman–Crippen MR) is 84.2 cm³/mol. The molecule has 0 aromatic heterocycles. The summed E-state index contributed by atoms with van der Waals surface area (Å²) in [6.45, 7) is 9.52. The van der Waals surface area contributed by atoms with Crippen molar-refractivity contribution in [2.24, 2.45) is 17.1 Å². The zero-order valence-electron chi connectivity index (χ0n) is 14.1. The van der Waals surface area contributed by atoms with Gasteiger partial charge in [0.05, 0.1) is 12.2 Å². The van der Waals surface area contributed by atoms with E-state index in [-0.39, 0.29) is 41.5 Å². The molecule has 0 bridgehead atoms. The van der Waals surface area contributed by atoms with Crippen molar-refractivity contribution in [1.29, 1.82) is 0 Å². The second-order valence-electron chi connectivity index (χ2n) is 7.40. The molecule has 2 aliphatic rings. The van der Waals surface area contributed by atoms with Crippen molar-refractivity contribution in [2.45, 2.75) is 65.2 Å². The summed E-state index contributed by atoms with van der Waals surface area (Å²) in [4.78, 5) is 25.3. The van der Waals surface area contributed by atoms with Gasteiger partial charge in [-0.1, -0.05) is 13.8 Å². The number of carbonyl (C=O) groups is 2. The van der Waals surface area contributed by atoms with Crippen molar-refractivity contribution in [1.82, 2.24) is 10.2 Å². The molecule has 0 spiro atoms. The molecule has 126 valence electrons. The van der Waals surface area contributed by atoms with Gasteiger partial charge < -0.3 is 20.7 Å². The number of hydrogen-bond donors (Lipinski definition) is 2. The minimum absolute atomic E-state index is 0.0380. The van der Waals surface area contributed by atoms with E-state index in [0.29, 0.717) is 25.9 Å². The van der Waals surface area contributed by atoms with Crippen LogP contribution in [0.1, 0.15) is 47.0 Å². The first-order valence-corrected chi connectivity index (χ1v) is 8.22. The number of piperidine rings is 1. The molecule has 0 aromatic rings. The molecule has 0 aromatic carbocycles. The Morgan fingerprint density at radius 2 is 1.86 bits per heavy atom. The average Bonchev–Trinajstić information content (AvgIpc) is 2.45. The second kappa shape index (κ2) is 6.44. The van der Waals surface area contributed by atoms with Crippen LogP contribution in [0.3, 0.4) is 0 Å². The predicted octanol–water partition coefficient (Wildman–Crippen LogP) is 1.49. The van der Waals surface area contributed by atoms with Crippen LogP contribution in [0.25, 0.3) is 0 Å². The van der Waals surface area contributed by atoms with Gasteiger partial charge >= 0.3 is 6.03 Å². The SMILES string of the molecule is CC(C)O[C@@H]1C[C@H](NC(=O)N2CCC(C(N)=O)CC2)C1(C)C. The van der Waals surface area contributed by atoms with Gasteiger partial charge in [0.15, 0.2) is 0 Å². The van der Waals surface area contributed by atoms with Crippen molar-refractivity contribution in [3.05, 3.63) is 0 Å². The van der Waals surface area contributed by atoms with Gasteiger partial charge in [-0.25, -0.2) is 4.79 Å². The van der Waals surface area contributed by atoms with Crippen LogP contribution >= 0.6 is 0 Å². The lowest BCUT2D eigenvalue weighted by Crippen LogP contribution is -2.64. The summed E-state index contributed by atoms with van der Waals surface area (Å²) in [7, 11) is 0. The van der Waals surface area contributed by atoms with E-state index in [2.05, 4.69) is 19.2 Å². The Hall–Kier alpha value is -1.30. The molecule has 3 N–H and O–H groups in total. The van der Waals surface area contributed by atoms with E-state index in [1.165, 1.54) is 0 Å². The molecule has 6 nitrogen and oxygen atoms in total. The minimum Gasteiger partial charge on any atom is -0.375 e. The molecule has 2 rings (SSSR count). The lowest BCUT2D eigenvalue weighted by atomic mass is 9.64. The number of nitrogens with two attached hydrogens (primary N) is 1. The average molecular weight is 311 g/mol. The number of nitrogens with one attached hydrogen (secondary N) is 1. The summed E-state index contributed by atoms with van der Waals surface area (Å²) < 4.78 is 5.88. The number of rotatable bonds is 4. The van der Waals surface area contributed by atoms with E-state index in [0.717, 1.165) is 6.42 Å². The first kappa shape index (κ1) is 17.1. The van der Waals surface area contributed by atoms with Crippen LogP contribution in [0.4, 0.5) is 4.79 Å². The normalized spacial score (nSPS) is 28.3. The number of nitrogens with zero attached hydrogens (tertiary/aromatic N) is 1.